The van der Waals surface area contributed by atoms with E-state index in [2.05, 4.69) is 15.3 Å². The van der Waals surface area contributed by atoms with Crippen molar-refractivity contribution >= 4 is 11.8 Å². The molecule has 1 heterocycles. The molecule has 1 rings (SSSR count). The summed E-state index contributed by atoms with van der Waals surface area (Å²) in [6, 6.07) is 0. The molecule has 2 N–H and O–H groups in total. The van der Waals surface area contributed by atoms with Gasteiger partial charge in [-0.15, -0.1) is 0 Å². The number of carboxylic acid groups (broad SMARTS) is 1. The molecule has 5 heteroatoms. The lowest BCUT2D eigenvalue weighted by molar-refractivity contribution is 0.0697. The molecule has 0 fully saturated rings. The predicted molar refractivity (Wildman–Crippen MR) is 47.9 cm³/mol. The van der Waals surface area contributed by atoms with E-state index in [1.165, 1.54) is 6.20 Å². The van der Waals surface area contributed by atoms with Crippen molar-refractivity contribution in [1.82, 2.24) is 9.97 Å². The van der Waals surface area contributed by atoms with Gasteiger partial charge in [0.25, 0.3) is 0 Å². The van der Waals surface area contributed by atoms with Crippen LogP contribution in [0.15, 0.2) is 6.20 Å². The zero-order valence-electron chi connectivity index (χ0n) is 7.53. The Labute approximate surface area is 75.8 Å². The number of carbonyl (C=O) groups is 1. The van der Waals surface area contributed by atoms with Gasteiger partial charge in [-0.25, -0.2) is 14.8 Å². The van der Waals surface area contributed by atoms with Crippen molar-refractivity contribution in [2.24, 2.45) is 0 Å². The summed E-state index contributed by atoms with van der Waals surface area (Å²) in [7, 11) is 0. The molecule has 5 nitrogen and oxygen atoms in total. The Hall–Kier alpha value is -1.65. The Morgan fingerprint density at radius 3 is 2.92 bits per heavy atom. The SMILES string of the molecule is CCNc1nc(C)ncc1C(=O)O. The number of nitrogens with one attached hydrogen (secondary N) is 1. The topological polar surface area (TPSA) is 75.1 Å². The monoisotopic (exact) mass is 181 g/mol. The van der Waals surface area contributed by atoms with Crippen LogP contribution in [0.5, 0.6) is 0 Å². The van der Waals surface area contributed by atoms with E-state index < -0.39 is 5.97 Å². The van der Waals surface area contributed by atoms with Gasteiger partial charge in [-0.3, -0.25) is 0 Å². The van der Waals surface area contributed by atoms with Crippen LogP contribution in [-0.2, 0) is 0 Å². The van der Waals surface area contributed by atoms with Crippen molar-refractivity contribution in [2.75, 3.05) is 11.9 Å². The van der Waals surface area contributed by atoms with E-state index in [1.807, 2.05) is 6.92 Å². The quantitative estimate of drug-likeness (QED) is 0.725. The Morgan fingerprint density at radius 1 is 1.69 bits per heavy atom. The number of nitrogens with zero attached hydrogens (tertiary/aromatic N) is 2. The fraction of sp³-hybridized carbons (Fsp3) is 0.375. The number of aromatic carboxylic acids is 1. The molecule has 0 aromatic carbocycles. The second-order valence-corrected chi connectivity index (χ2v) is 2.51. The normalized spacial score (nSPS) is 9.69. The van der Waals surface area contributed by atoms with Gasteiger partial charge in [0.15, 0.2) is 0 Å². The minimum absolute atomic E-state index is 0.104. The molecule has 13 heavy (non-hydrogen) atoms. The highest BCUT2D eigenvalue weighted by Gasteiger charge is 2.11. The second-order valence-electron chi connectivity index (χ2n) is 2.51. The van der Waals surface area contributed by atoms with Gasteiger partial charge in [-0.2, -0.15) is 0 Å². The average molecular weight is 181 g/mol. The Bertz CT molecular complexity index is 325. The molecule has 0 saturated heterocycles. The standard InChI is InChI=1S/C8H11N3O2/c1-3-9-7-6(8(12)13)4-10-5(2)11-7/h4H,3H2,1-2H3,(H,12,13)(H,9,10,11). The van der Waals surface area contributed by atoms with E-state index in [0.29, 0.717) is 18.2 Å². The summed E-state index contributed by atoms with van der Waals surface area (Å²) in [5.41, 5.74) is 0.104. The van der Waals surface area contributed by atoms with Crippen LogP contribution in [0.2, 0.25) is 0 Å². The first-order valence-corrected chi connectivity index (χ1v) is 3.96. The number of aromatic nitrogens is 2. The molecule has 0 aliphatic rings. The molecule has 0 atom stereocenters. The zero-order chi connectivity index (χ0) is 9.84. The van der Waals surface area contributed by atoms with Crippen molar-refractivity contribution < 1.29 is 9.90 Å². The first kappa shape index (κ1) is 9.44. The minimum Gasteiger partial charge on any atom is -0.477 e. The van der Waals surface area contributed by atoms with Crippen LogP contribution in [0.1, 0.15) is 23.1 Å². The fourth-order valence-corrected chi connectivity index (χ4v) is 0.929. The van der Waals surface area contributed by atoms with Gasteiger partial charge < -0.3 is 10.4 Å². The number of aryl methyl sites for hydroxylation is 1. The summed E-state index contributed by atoms with van der Waals surface area (Å²) < 4.78 is 0. The Morgan fingerprint density at radius 2 is 2.38 bits per heavy atom. The maximum absolute atomic E-state index is 10.7. The fourth-order valence-electron chi connectivity index (χ4n) is 0.929. The van der Waals surface area contributed by atoms with Crippen molar-refractivity contribution in [1.29, 1.82) is 0 Å². The van der Waals surface area contributed by atoms with Gasteiger partial charge in [0.1, 0.15) is 17.2 Å². The van der Waals surface area contributed by atoms with E-state index in [9.17, 15) is 4.79 Å². The molecular weight excluding hydrogens is 170 g/mol. The summed E-state index contributed by atoms with van der Waals surface area (Å²) in [6.45, 7) is 4.23. The van der Waals surface area contributed by atoms with Crippen LogP contribution in [-0.4, -0.2) is 27.6 Å². The summed E-state index contributed by atoms with van der Waals surface area (Å²) in [5, 5.41) is 11.6. The van der Waals surface area contributed by atoms with Crippen molar-refractivity contribution in [3.63, 3.8) is 0 Å². The summed E-state index contributed by atoms with van der Waals surface area (Å²) in [6.07, 6.45) is 1.31. The van der Waals surface area contributed by atoms with Crippen molar-refractivity contribution in [2.45, 2.75) is 13.8 Å². The third-order valence-electron chi connectivity index (χ3n) is 1.48. The predicted octanol–water partition coefficient (Wildman–Crippen LogP) is 0.915. The molecular formula is C8H11N3O2. The van der Waals surface area contributed by atoms with Crippen molar-refractivity contribution in [3.05, 3.63) is 17.6 Å². The van der Waals surface area contributed by atoms with Crippen LogP contribution < -0.4 is 5.32 Å². The minimum atomic E-state index is -1.02. The number of hydrogen-bond acceptors (Lipinski definition) is 4. The number of rotatable bonds is 3. The summed E-state index contributed by atoms with van der Waals surface area (Å²) in [4.78, 5) is 18.5. The van der Waals surface area contributed by atoms with Crippen LogP contribution in [0.25, 0.3) is 0 Å². The smallest absolute Gasteiger partial charge is 0.341 e. The molecule has 0 saturated carbocycles. The Kier molecular flexibility index (Phi) is 2.79. The van der Waals surface area contributed by atoms with Gasteiger partial charge in [-0.1, -0.05) is 0 Å². The van der Waals surface area contributed by atoms with Crippen molar-refractivity contribution in [3.8, 4) is 0 Å². The lowest BCUT2D eigenvalue weighted by Crippen LogP contribution is -2.09. The molecule has 0 amide bonds. The lowest BCUT2D eigenvalue weighted by atomic mass is 10.3. The molecule has 0 radical (unpaired) electrons. The van der Waals surface area contributed by atoms with Crippen LogP contribution in [0.4, 0.5) is 5.82 Å². The van der Waals surface area contributed by atoms with Gasteiger partial charge in [0.2, 0.25) is 0 Å². The second kappa shape index (κ2) is 3.84. The third-order valence-corrected chi connectivity index (χ3v) is 1.48. The third kappa shape index (κ3) is 2.14. The number of anilines is 1. The maximum Gasteiger partial charge on any atom is 0.341 e. The molecule has 0 unspecified atom stereocenters. The number of hydrogen-bond donors (Lipinski definition) is 2. The molecule has 0 spiro atoms. The van der Waals surface area contributed by atoms with E-state index in [-0.39, 0.29) is 5.56 Å². The summed E-state index contributed by atoms with van der Waals surface area (Å²) in [5.74, 6) is -0.0839. The van der Waals surface area contributed by atoms with Crippen LogP contribution in [0.3, 0.4) is 0 Å². The maximum atomic E-state index is 10.7. The number of carboxylic acids is 1. The highest BCUT2D eigenvalue weighted by molar-refractivity contribution is 5.92. The highest BCUT2D eigenvalue weighted by atomic mass is 16.4. The highest BCUT2D eigenvalue weighted by Crippen LogP contribution is 2.10. The average Bonchev–Trinajstić information content (AvgIpc) is 2.04. The summed E-state index contributed by atoms with van der Waals surface area (Å²) >= 11 is 0. The van der Waals surface area contributed by atoms with Crippen LogP contribution >= 0.6 is 0 Å². The van der Waals surface area contributed by atoms with Crippen LogP contribution in [0, 0.1) is 6.92 Å². The van der Waals surface area contributed by atoms with Gasteiger partial charge in [-0.05, 0) is 13.8 Å². The first-order valence-electron chi connectivity index (χ1n) is 3.96. The molecule has 0 bridgehead atoms. The molecule has 1 aromatic rings. The van der Waals surface area contributed by atoms with E-state index in [0.717, 1.165) is 0 Å². The first-order chi connectivity index (χ1) is 6.15. The molecule has 1 aromatic heterocycles. The van der Waals surface area contributed by atoms with Gasteiger partial charge in [0.05, 0.1) is 0 Å². The van der Waals surface area contributed by atoms with E-state index in [4.69, 9.17) is 5.11 Å². The molecule has 0 aliphatic carbocycles. The van der Waals surface area contributed by atoms with Gasteiger partial charge >= 0.3 is 5.97 Å². The Balaban J connectivity index is 3.10. The molecule has 0 aliphatic heterocycles. The molecule has 70 valence electrons. The largest absolute Gasteiger partial charge is 0.477 e. The zero-order valence-corrected chi connectivity index (χ0v) is 7.53. The van der Waals surface area contributed by atoms with E-state index in [1.54, 1.807) is 6.92 Å². The van der Waals surface area contributed by atoms with Gasteiger partial charge in [0, 0.05) is 12.7 Å². The lowest BCUT2D eigenvalue weighted by Gasteiger charge is -2.05. The van der Waals surface area contributed by atoms with E-state index >= 15 is 0 Å².